The van der Waals surface area contributed by atoms with Crippen molar-refractivity contribution in [2.45, 2.75) is 36.2 Å². The zero-order valence-corrected chi connectivity index (χ0v) is 24.6. The Morgan fingerprint density at radius 3 is 2.18 bits per heavy atom. The monoisotopic (exact) mass is 593 g/mol. The van der Waals surface area contributed by atoms with Crippen LogP contribution in [0.2, 0.25) is 10.0 Å². The summed E-state index contributed by atoms with van der Waals surface area (Å²) in [7, 11) is -2.66. The molecule has 0 aromatic heterocycles. The van der Waals surface area contributed by atoms with Crippen molar-refractivity contribution in [1.29, 1.82) is 0 Å². The highest BCUT2D eigenvalue weighted by Gasteiger charge is 2.32. The number of aryl methyl sites for hydroxylation is 1. The molecule has 0 radical (unpaired) electrons. The number of sulfonamides is 1. The van der Waals surface area contributed by atoms with Gasteiger partial charge < -0.3 is 10.2 Å². The fourth-order valence-electron chi connectivity index (χ4n) is 3.74. The molecule has 1 atom stereocenters. The zero-order chi connectivity index (χ0) is 28.0. The number of benzene rings is 3. The number of carbonyl (C=O) groups excluding carboxylic acids is 2. The molecular weight excluding hydrogens is 565 g/mol. The summed E-state index contributed by atoms with van der Waals surface area (Å²) in [5.74, 6) is -0.974. The molecule has 0 bridgehead atoms. The van der Waals surface area contributed by atoms with Crippen molar-refractivity contribution >= 4 is 62.5 Å². The van der Waals surface area contributed by atoms with E-state index in [-0.39, 0.29) is 11.4 Å². The van der Waals surface area contributed by atoms with Crippen molar-refractivity contribution in [3.63, 3.8) is 0 Å². The summed E-state index contributed by atoms with van der Waals surface area (Å²) < 4.78 is 28.7. The highest BCUT2D eigenvalue weighted by molar-refractivity contribution is 7.98. The molecule has 38 heavy (non-hydrogen) atoms. The van der Waals surface area contributed by atoms with E-state index in [1.807, 2.05) is 13.2 Å². The normalized spacial score (nSPS) is 12.1. The molecule has 2 amide bonds. The minimum Gasteiger partial charge on any atom is -0.357 e. The number of thioether (sulfide) groups is 1. The van der Waals surface area contributed by atoms with E-state index >= 15 is 0 Å². The molecule has 0 saturated heterocycles. The zero-order valence-electron chi connectivity index (χ0n) is 21.4. The third-order valence-corrected chi connectivity index (χ3v) is 9.14. The Morgan fingerprint density at radius 1 is 1.00 bits per heavy atom. The van der Waals surface area contributed by atoms with Crippen LogP contribution in [0, 0.1) is 6.92 Å². The number of hydrogen-bond acceptors (Lipinski definition) is 5. The number of amides is 2. The Morgan fingerprint density at radius 2 is 1.63 bits per heavy atom. The molecule has 0 saturated carbocycles. The van der Waals surface area contributed by atoms with Crippen LogP contribution in [0.25, 0.3) is 0 Å². The molecule has 0 aliphatic carbocycles. The predicted molar refractivity (Wildman–Crippen MR) is 154 cm³/mol. The SMILES string of the molecule is CNC(=O)[C@H](C)N(Cc1ccc(Cl)cc1Cl)C(=O)CN(c1ccc(C)cc1)S(=O)(=O)c1ccc(SC)cc1. The van der Waals surface area contributed by atoms with Gasteiger partial charge in [-0.2, -0.15) is 0 Å². The van der Waals surface area contributed by atoms with E-state index < -0.39 is 34.4 Å². The summed E-state index contributed by atoms with van der Waals surface area (Å²) in [6.07, 6.45) is 1.90. The van der Waals surface area contributed by atoms with Crippen LogP contribution >= 0.6 is 35.0 Å². The number of likely N-dealkylation sites (N-methyl/N-ethyl adjacent to an activating group) is 1. The van der Waals surface area contributed by atoms with Crippen LogP contribution < -0.4 is 9.62 Å². The van der Waals surface area contributed by atoms with Gasteiger partial charge in [0.15, 0.2) is 0 Å². The number of nitrogens with one attached hydrogen (secondary N) is 1. The van der Waals surface area contributed by atoms with E-state index in [9.17, 15) is 18.0 Å². The lowest BCUT2D eigenvalue weighted by Gasteiger charge is -2.32. The van der Waals surface area contributed by atoms with Crippen LogP contribution in [0.5, 0.6) is 0 Å². The van der Waals surface area contributed by atoms with Gasteiger partial charge in [-0.3, -0.25) is 13.9 Å². The van der Waals surface area contributed by atoms with Crippen molar-refractivity contribution in [2.75, 3.05) is 24.2 Å². The van der Waals surface area contributed by atoms with Crippen molar-refractivity contribution in [3.05, 3.63) is 87.9 Å². The van der Waals surface area contributed by atoms with Crippen LogP contribution in [0.15, 0.2) is 76.5 Å². The number of carbonyl (C=O) groups is 2. The third-order valence-electron chi connectivity index (χ3n) is 6.02. The second-order valence-corrected chi connectivity index (χ2v) is 12.2. The fraction of sp³-hybridized carbons (Fsp3) is 0.259. The Bertz CT molecular complexity index is 1400. The number of rotatable bonds is 10. The average Bonchev–Trinajstić information content (AvgIpc) is 2.90. The number of anilines is 1. The first-order valence-electron chi connectivity index (χ1n) is 11.7. The maximum absolute atomic E-state index is 13.8. The van der Waals surface area contributed by atoms with Gasteiger partial charge in [-0.1, -0.05) is 47.0 Å². The average molecular weight is 595 g/mol. The maximum Gasteiger partial charge on any atom is 0.264 e. The Balaban J connectivity index is 2.04. The van der Waals surface area contributed by atoms with Gasteiger partial charge in [0.1, 0.15) is 12.6 Å². The van der Waals surface area contributed by atoms with Gasteiger partial charge in [-0.15, -0.1) is 11.8 Å². The molecule has 3 aromatic carbocycles. The molecule has 1 N–H and O–H groups in total. The lowest BCUT2D eigenvalue weighted by atomic mass is 10.1. The van der Waals surface area contributed by atoms with Crippen LogP contribution in [0.4, 0.5) is 5.69 Å². The first-order valence-corrected chi connectivity index (χ1v) is 15.1. The van der Waals surface area contributed by atoms with Crippen LogP contribution in [-0.4, -0.2) is 51.0 Å². The summed E-state index contributed by atoms with van der Waals surface area (Å²) >= 11 is 13.9. The lowest BCUT2D eigenvalue weighted by molar-refractivity contribution is -0.139. The van der Waals surface area contributed by atoms with Gasteiger partial charge in [0.25, 0.3) is 10.0 Å². The van der Waals surface area contributed by atoms with E-state index in [2.05, 4.69) is 5.32 Å². The van der Waals surface area contributed by atoms with Crippen LogP contribution in [0.1, 0.15) is 18.1 Å². The van der Waals surface area contributed by atoms with Crippen LogP contribution in [-0.2, 0) is 26.2 Å². The molecule has 7 nitrogen and oxygen atoms in total. The molecule has 11 heteroatoms. The summed E-state index contributed by atoms with van der Waals surface area (Å²) in [6, 6.07) is 17.3. The van der Waals surface area contributed by atoms with Crippen molar-refractivity contribution in [1.82, 2.24) is 10.2 Å². The smallest absolute Gasteiger partial charge is 0.264 e. The summed E-state index contributed by atoms with van der Waals surface area (Å²) in [5, 5.41) is 3.31. The van der Waals surface area contributed by atoms with Gasteiger partial charge >= 0.3 is 0 Å². The standard InChI is InChI=1S/C27H29Cl2N3O4S2/c1-18-5-9-22(10-6-18)32(38(35,36)24-13-11-23(37-4)12-14-24)17-26(33)31(19(2)27(34)30-3)16-20-7-8-21(28)15-25(20)29/h5-15,19H,16-17H2,1-4H3,(H,30,34)/t19-/m0/s1. The quantitative estimate of drug-likeness (QED) is 0.319. The molecular formula is C27H29Cl2N3O4S2. The predicted octanol–water partition coefficient (Wildman–Crippen LogP) is 5.38. The highest BCUT2D eigenvalue weighted by Crippen LogP contribution is 2.27. The molecule has 0 unspecified atom stereocenters. The van der Waals surface area contributed by atoms with Gasteiger partial charge in [-0.05, 0) is 74.2 Å². The van der Waals surface area contributed by atoms with Gasteiger partial charge in [0.05, 0.1) is 10.6 Å². The molecule has 202 valence electrons. The summed E-state index contributed by atoms with van der Waals surface area (Å²) in [6.45, 7) is 2.92. The molecule has 0 fully saturated rings. The fourth-order valence-corrected chi connectivity index (χ4v) is 6.03. The summed E-state index contributed by atoms with van der Waals surface area (Å²) in [4.78, 5) is 28.6. The second kappa shape index (κ2) is 12.9. The maximum atomic E-state index is 13.8. The molecule has 0 spiro atoms. The number of nitrogens with zero attached hydrogens (tertiary/aromatic N) is 2. The Hall–Kier alpha value is -2.72. The van der Waals surface area contributed by atoms with Crippen LogP contribution in [0.3, 0.4) is 0 Å². The van der Waals surface area contributed by atoms with Crippen molar-refractivity contribution in [3.8, 4) is 0 Å². The first-order chi connectivity index (χ1) is 18.0. The van der Waals surface area contributed by atoms with E-state index in [1.165, 1.54) is 35.8 Å². The second-order valence-electron chi connectivity index (χ2n) is 8.57. The molecule has 0 aliphatic rings. The van der Waals surface area contributed by atoms with Gasteiger partial charge in [0, 0.05) is 28.5 Å². The third kappa shape index (κ3) is 7.02. The number of halogens is 2. The highest BCUT2D eigenvalue weighted by atomic mass is 35.5. The van der Waals surface area contributed by atoms with E-state index in [0.29, 0.717) is 21.3 Å². The summed E-state index contributed by atoms with van der Waals surface area (Å²) in [5.41, 5.74) is 1.83. The minimum absolute atomic E-state index is 0.0202. The van der Waals surface area contributed by atoms with E-state index in [1.54, 1.807) is 61.5 Å². The Labute approximate surface area is 238 Å². The largest absolute Gasteiger partial charge is 0.357 e. The van der Waals surface area contributed by atoms with Gasteiger partial charge in [-0.25, -0.2) is 8.42 Å². The molecule has 3 rings (SSSR count). The topological polar surface area (TPSA) is 86.8 Å². The van der Waals surface area contributed by atoms with Gasteiger partial charge in [0.2, 0.25) is 11.8 Å². The minimum atomic E-state index is -4.13. The lowest BCUT2D eigenvalue weighted by Crippen LogP contribution is -2.50. The number of hydrogen-bond donors (Lipinski definition) is 1. The van der Waals surface area contributed by atoms with Crippen molar-refractivity contribution in [2.24, 2.45) is 0 Å². The van der Waals surface area contributed by atoms with E-state index in [0.717, 1.165) is 14.8 Å². The molecule has 0 aliphatic heterocycles. The van der Waals surface area contributed by atoms with E-state index in [4.69, 9.17) is 23.2 Å². The first kappa shape index (κ1) is 29.8. The Kier molecular flexibility index (Phi) is 10.1. The van der Waals surface area contributed by atoms with Crippen molar-refractivity contribution < 1.29 is 18.0 Å². The molecule has 3 aromatic rings. The molecule has 0 heterocycles.